The predicted octanol–water partition coefficient (Wildman–Crippen LogP) is 1.66. The van der Waals surface area contributed by atoms with Gasteiger partial charge in [-0.05, 0) is 25.2 Å². The average Bonchev–Trinajstić information content (AvgIpc) is 2.29. The van der Waals surface area contributed by atoms with Gasteiger partial charge in [0, 0.05) is 5.92 Å². The molecule has 0 heterocycles. The SMILES string of the molecule is COC(=O)[C@]1(C#N)C[C@@H]2C=C[C@H]1CC2. The van der Waals surface area contributed by atoms with Crippen molar-refractivity contribution in [2.75, 3.05) is 7.11 Å². The molecule has 0 amide bonds. The number of nitrogens with zero attached hydrogens (tertiary/aromatic N) is 1. The van der Waals surface area contributed by atoms with Crippen molar-refractivity contribution in [1.82, 2.24) is 0 Å². The molecule has 0 aromatic heterocycles. The standard InChI is InChI=1S/C11H13NO2/c1-14-10(13)11(7-12)6-8-2-4-9(11)5-3-8/h2,4,8-9H,3,5-6H2,1H3/t8-,9+,11+/m1/s1. The van der Waals surface area contributed by atoms with Crippen LogP contribution in [0.1, 0.15) is 19.3 Å². The van der Waals surface area contributed by atoms with Crippen LogP contribution in [0.2, 0.25) is 0 Å². The molecule has 74 valence electrons. The maximum atomic E-state index is 11.6. The van der Waals surface area contributed by atoms with Gasteiger partial charge in [0.15, 0.2) is 5.41 Å². The van der Waals surface area contributed by atoms with Crippen LogP contribution in [0.5, 0.6) is 0 Å². The van der Waals surface area contributed by atoms with Crippen molar-refractivity contribution in [3.8, 4) is 6.07 Å². The van der Waals surface area contributed by atoms with Gasteiger partial charge in [0.05, 0.1) is 13.2 Å². The number of methoxy groups -OCH3 is 1. The number of fused-ring (bicyclic) bond motifs is 2. The number of carbonyl (C=O) groups excluding carboxylic acids is 1. The fourth-order valence-electron chi connectivity index (χ4n) is 2.61. The smallest absolute Gasteiger partial charge is 0.326 e. The Morgan fingerprint density at radius 3 is 2.71 bits per heavy atom. The minimum atomic E-state index is -0.896. The zero-order valence-electron chi connectivity index (χ0n) is 8.19. The molecule has 3 aliphatic carbocycles. The van der Waals surface area contributed by atoms with Gasteiger partial charge in [-0.15, -0.1) is 0 Å². The first-order valence-electron chi connectivity index (χ1n) is 4.91. The molecule has 2 bridgehead atoms. The fourth-order valence-corrected chi connectivity index (χ4v) is 2.61. The summed E-state index contributed by atoms with van der Waals surface area (Å²) < 4.78 is 4.74. The molecule has 3 nitrogen and oxygen atoms in total. The Balaban J connectivity index is 2.36. The van der Waals surface area contributed by atoms with Gasteiger partial charge in [-0.3, -0.25) is 4.79 Å². The average molecular weight is 191 g/mol. The van der Waals surface area contributed by atoms with Gasteiger partial charge >= 0.3 is 5.97 Å². The van der Waals surface area contributed by atoms with E-state index in [4.69, 9.17) is 4.74 Å². The van der Waals surface area contributed by atoms with Crippen LogP contribution >= 0.6 is 0 Å². The zero-order chi connectivity index (χ0) is 10.2. The summed E-state index contributed by atoms with van der Waals surface area (Å²) in [4.78, 5) is 11.6. The largest absolute Gasteiger partial charge is 0.468 e. The number of carbonyl (C=O) groups is 1. The molecule has 0 spiro atoms. The second-order valence-corrected chi connectivity index (χ2v) is 4.11. The molecule has 1 saturated carbocycles. The summed E-state index contributed by atoms with van der Waals surface area (Å²) in [6.07, 6.45) is 6.81. The van der Waals surface area contributed by atoms with Crippen molar-refractivity contribution in [1.29, 1.82) is 5.26 Å². The Morgan fingerprint density at radius 1 is 1.57 bits per heavy atom. The molecule has 14 heavy (non-hydrogen) atoms. The highest BCUT2D eigenvalue weighted by Gasteiger charge is 2.51. The van der Waals surface area contributed by atoms with Crippen LogP contribution < -0.4 is 0 Å². The summed E-state index contributed by atoms with van der Waals surface area (Å²) >= 11 is 0. The van der Waals surface area contributed by atoms with Gasteiger partial charge in [0.25, 0.3) is 0 Å². The first-order chi connectivity index (χ1) is 6.73. The first kappa shape index (κ1) is 9.26. The summed E-state index contributed by atoms with van der Waals surface area (Å²) in [7, 11) is 1.35. The Morgan fingerprint density at radius 2 is 2.36 bits per heavy atom. The lowest BCUT2D eigenvalue weighted by atomic mass is 9.60. The highest BCUT2D eigenvalue weighted by molar-refractivity contribution is 5.81. The lowest BCUT2D eigenvalue weighted by Crippen LogP contribution is -2.44. The third-order valence-corrected chi connectivity index (χ3v) is 3.43. The maximum absolute atomic E-state index is 11.6. The quantitative estimate of drug-likeness (QED) is 0.467. The lowest BCUT2D eigenvalue weighted by molar-refractivity contribution is -0.154. The number of esters is 1. The predicted molar refractivity (Wildman–Crippen MR) is 50.0 cm³/mol. The Labute approximate surface area is 83.4 Å². The van der Waals surface area contributed by atoms with Crippen LogP contribution in [-0.4, -0.2) is 13.1 Å². The van der Waals surface area contributed by atoms with Gasteiger partial charge in [-0.25, -0.2) is 0 Å². The Kier molecular flexibility index (Phi) is 2.07. The van der Waals surface area contributed by atoms with Crippen LogP contribution in [0.3, 0.4) is 0 Å². The lowest BCUT2D eigenvalue weighted by Gasteiger charge is -2.41. The van der Waals surface area contributed by atoms with E-state index in [1.54, 1.807) is 0 Å². The minimum Gasteiger partial charge on any atom is -0.468 e. The van der Waals surface area contributed by atoms with Crippen LogP contribution in [0, 0.1) is 28.6 Å². The van der Waals surface area contributed by atoms with Crippen LogP contribution in [-0.2, 0) is 9.53 Å². The van der Waals surface area contributed by atoms with Crippen LogP contribution in [0.25, 0.3) is 0 Å². The number of nitriles is 1. The highest BCUT2D eigenvalue weighted by atomic mass is 16.5. The van der Waals surface area contributed by atoms with Crippen molar-refractivity contribution >= 4 is 5.97 Å². The van der Waals surface area contributed by atoms with Crippen molar-refractivity contribution < 1.29 is 9.53 Å². The van der Waals surface area contributed by atoms with E-state index in [2.05, 4.69) is 12.1 Å². The van der Waals surface area contributed by atoms with Gasteiger partial charge in [0.1, 0.15) is 0 Å². The van der Waals surface area contributed by atoms with E-state index in [1.807, 2.05) is 6.08 Å². The molecule has 3 aliphatic rings. The summed E-state index contributed by atoms with van der Waals surface area (Å²) in [6.45, 7) is 0. The molecule has 3 heteroatoms. The molecule has 0 radical (unpaired) electrons. The molecule has 0 aromatic rings. The highest BCUT2D eigenvalue weighted by Crippen LogP contribution is 2.49. The van der Waals surface area contributed by atoms with Crippen molar-refractivity contribution in [2.24, 2.45) is 17.3 Å². The van der Waals surface area contributed by atoms with Gasteiger partial charge < -0.3 is 4.74 Å². The van der Waals surface area contributed by atoms with E-state index < -0.39 is 5.41 Å². The first-order valence-corrected chi connectivity index (χ1v) is 4.91. The van der Waals surface area contributed by atoms with Gasteiger partial charge in [0.2, 0.25) is 0 Å². The summed E-state index contributed by atoms with van der Waals surface area (Å²) in [5.74, 6) is 0.0859. The number of hydrogen-bond acceptors (Lipinski definition) is 3. The van der Waals surface area contributed by atoms with E-state index in [0.29, 0.717) is 12.3 Å². The van der Waals surface area contributed by atoms with Gasteiger partial charge in [-0.1, -0.05) is 12.2 Å². The van der Waals surface area contributed by atoms with Gasteiger partial charge in [-0.2, -0.15) is 5.26 Å². The van der Waals surface area contributed by atoms with Crippen molar-refractivity contribution in [3.05, 3.63) is 12.2 Å². The Bertz CT molecular complexity index is 329. The third-order valence-electron chi connectivity index (χ3n) is 3.43. The summed E-state index contributed by atoms with van der Waals surface area (Å²) in [5.41, 5.74) is -0.896. The van der Waals surface area contributed by atoms with E-state index in [0.717, 1.165) is 12.8 Å². The molecular formula is C11H13NO2. The topological polar surface area (TPSA) is 50.1 Å². The summed E-state index contributed by atoms with van der Waals surface area (Å²) in [5, 5.41) is 9.18. The number of hydrogen-bond donors (Lipinski definition) is 0. The summed E-state index contributed by atoms with van der Waals surface area (Å²) in [6, 6.07) is 2.17. The van der Waals surface area contributed by atoms with Crippen LogP contribution in [0.4, 0.5) is 0 Å². The normalized spacial score (nSPS) is 39.1. The second kappa shape index (κ2) is 3.13. The molecule has 0 unspecified atom stereocenters. The van der Waals surface area contributed by atoms with E-state index in [1.165, 1.54) is 7.11 Å². The minimum absolute atomic E-state index is 0.0601. The van der Waals surface area contributed by atoms with E-state index >= 15 is 0 Å². The van der Waals surface area contributed by atoms with Crippen molar-refractivity contribution in [2.45, 2.75) is 19.3 Å². The molecule has 0 N–H and O–H groups in total. The third kappa shape index (κ3) is 1.07. The molecular weight excluding hydrogens is 178 g/mol. The molecule has 3 atom stereocenters. The molecule has 1 fully saturated rings. The molecule has 0 saturated heterocycles. The van der Waals surface area contributed by atoms with E-state index in [9.17, 15) is 10.1 Å². The number of ether oxygens (including phenoxy) is 1. The maximum Gasteiger partial charge on any atom is 0.326 e. The monoisotopic (exact) mass is 191 g/mol. The zero-order valence-corrected chi connectivity index (χ0v) is 8.19. The number of rotatable bonds is 1. The molecule has 3 rings (SSSR count). The molecule has 0 aliphatic heterocycles. The van der Waals surface area contributed by atoms with E-state index in [-0.39, 0.29) is 11.9 Å². The Hall–Kier alpha value is -1.30. The second-order valence-electron chi connectivity index (χ2n) is 4.11. The van der Waals surface area contributed by atoms with Crippen LogP contribution in [0.15, 0.2) is 12.2 Å². The number of allylic oxidation sites excluding steroid dienone is 2. The molecule has 0 aromatic carbocycles. The fraction of sp³-hybridized carbons (Fsp3) is 0.636. The van der Waals surface area contributed by atoms with Crippen molar-refractivity contribution in [3.63, 3.8) is 0 Å².